The molecule has 0 saturated heterocycles. The summed E-state index contributed by atoms with van der Waals surface area (Å²) < 4.78 is 10.8. The largest absolute Gasteiger partial charge is 0.496 e. The lowest BCUT2D eigenvalue weighted by Gasteiger charge is -2.12. The first-order valence-electron chi connectivity index (χ1n) is 7.40. The summed E-state index contributed by atoms with van der Waals surface area (Å²) in [7, 11) is 1.58. The fourth-order valence-corrected chi connectivity index (χ4v) is 2.67. The molecule has 0 atom stereocenters. The second kappa shape index (κ2) is 5.48. The van der Waals surface area contributed by atoms with E-state index < -0.39 is 5.63 Å². The van der Waals surface area contributed by atoms with Gasteiger partial charge in [-0.15, -0.1) is 0 Å². The predicted molar refractivity (Wildman–Crippen MR) is 83.4 cm³/mol. The highest BCUT2D eigenvalue weighted by Crippen LogP contribution is 2.30. The molecule has 2 aromatic rings. The highest BCUT2D eigenvalue weighted by Gasteiger charge is 2.24. The molecule has 1 aliphatic carbocycles. The van der Waals surface area contributed by atoms with Crippen molar-refractivity contribution >= 4 is 16.9 Å². The van der Waals surface area contributed by atoms with Crippen LogP contribution in [0, 0.1) is 13.8 Å². The molecule has 0 spiro atoms. The van der Waals surface area contributed by atoms with E-state index in [1.165, 1.54) is 0 Å². The van der Waals surface area contributed by atoms with Gasteiger partial charge in [-0.25, -0.2) is 4.79 Å². The third kappa shape index (κ3) is 2.71. The molecule has 0 bridgehead atoms. The van der Waals surface area contributed by atoms with Gasteiger partial charge in [-0.2, -0.15) is 0 Å². The SMILES string of the molecule is COc1cc(C)cc2oc(=O)c(CC(=O)NC3CC3)c(C)c12. The predicted octanol–water partition coefficient (Wildman–Crippen LogP) is 2.24. The molecule has 3 rings (SSSR count). The lowest BCUT2D eigenvalue weighted by Crippen LogP contribution is -2.29. The molecule has 116 valence electrons. The van der Waals surface area contributed by atoms with E-state index in [1.807, 2.05) is 19.9 Å². The second-order valence-corrected chi connectivity index (χ2v) is 5.85. The number of rotatable bonds is 4. The van der Waals surface area contributed by atoms with Crippen LogP contribution in [0.4, 0.5) is 0 Å². The van der Waals surface area contributed by atoms with E-state index in [0.29, 0.717) is 16.9 Å². The molecule has 22 heavy (non-hydrogen) atoms. The zero-order valence-electron chi connectivity index (χ0n) is 13.0. The summed E-state index contributed by atoms with van der Waals surface area (Å²) in [4.78, 5) is 24.2. The molecular formula is C17H19NO4. The molecule has 1 saturated carbocycles. The van der Waals surface area contributed by atoms with Gasteiger partial charge in [0.1, 0.15) is 11.3 Å². The minimum Gasteiger partial charge on any atom is -0.496 e. The average molecular weight is 301 g/mol. The highest BCUT2D eigenvalue weighted by molar-refractivity contribution is 5.89. The maximum atomic E-state index is 12.2. The van der Waals surface area contributed by atoms with E-state index in [1.54, 1.807) is 13.2 Å². The Hall–Kier alpha value is -2.30. The van der Waals surface area contributed by atoms with Gasteiger partial charge < -0.3 is 14.5 Å². The van der Waals surface area contributed by atoms with Crippen LogP contribution < -0.4 is 15.7 Å². The number of aryl methyl sites for hydroxylation is 2. The molecule has 5 heteroatoms. The smallest absolute Gasteiger partial charge is 0.340 e. The second-order valence-electron chi connectivity index (χ2n) is 5.85. The Labute approximate surface area is 128 Å². The van der Waals surface area contributed by atoms with E-state index in [4.69, 9.17) is 9.15 Å². The van der Waals surface area contributed by atoms with Crippen molar-refractivity contribution in [2.24, 2.45) is 0 Å². The zero-order chi connectivity index (χ0) is 15.9. The molecule has 1 aromatic carbocycles. The Balaban J connectivity index is 2.08. The Bertz CT molecular complexity index is 802. The number of methoxy groups -OCH3 is 1. The van der Waals surface area contributed by atoms with Crippen LogP contribution in [0.1, 0.15) is 29.5 Å². The summed E-state index contributed by atoms with van der Waals surface area (Å²) in [6.45, 7) is 3.74. The van der Waals surface area contributed by atoms with Crippen LogP contribution >= 0.6 is 0 Å². The molecule has 0 unspecified atom stereocenters. The summed E-state index contributed by atoms with van der Waals surface area (Å²) >= 11 is 0. The maximum Gasteiger partial charge on any atom is 0.340 e. The summed E-state index contributed by atoms with van der Waals surface area (Å²) in [6.07, 6.45) is 2.08. The molecule has 1 N–H and O–H groups in total. The average Bonchev–Trinajstić information content (AvgIpc) is 3.26. The molecule has 0 radical (unpaired) electrons. The van der Waals surface area contributed by atoms with Crippen molar-refractivity contribution in [3.63, 3.8) is 0 Å². The van der Waals surface area contributed by atoms with E-state index in [2.05, 4.69) is 5.32 Å². The van der Waals surface area contributed by atoms with E-state index in [9.17, 15) is 9.59 Å². The molecule has 1 aliphatic rings. The minimum atomic E-state index is -0.455. The van der Waals surface area contributed by atoms with Crippen molar-refractivity contribution < 1.29 is 13.9 Å². The number of benzene rings is 1. The number of fused-ring (bicyclic) bond motifs is 1. The van der Waals surface area contributed by atoms with Crippen LogP contribution in [0.2, 0.25) is 0 Å². The third-order valence-electron chi connectivity index (χ3n) is 3.99. The van der Waals surface area contributed by atoms with Crippen molar-refractivity contribution in [3.05, 3.63) is 39.2 Å². The molecule has 0 aliphatic heterocycles. The van der Waals surface area contributed by atoms with Crippen LogP contribution in [-0.2, 0) is 11.2 Å². The van der Waals surface area contributed by atoms with E-state index in [-0.39, 0.29) is 18.4 Å². The highest BCUT2D eigenvalue weighted by atomic mass is 16.5. The molecule has 5 nitrogen and oxygen atoms in total. The standard InChI is InChI=1S/C17H19NO4/c1-9-6-13(21-3)16-10(2)12(17(20)22-14(16)7-9)8-15(19)18-11-4-5-11/h6-7,11H,4-5,8H2,1-3H3,(H,18,19). The normalized spacial score (nSPS) is 14.1. The van der Waals surface area contributed by atoms with Crippen LogP contribution in [-0.4, -0.2) is 19.1 Å². The van der Waals surface area contributed by atoms with Crippen molar-refractivity contribution in [2.45, 2.75) is 39.2 Å². The van der Waals surface area contributed by atoms with Crippen LogP contribution in [0.25, 0.3) is 11.0 Å². The van der Waals surface area contributed by atoms with E-state index in [0.717, 1.165) is 29.4 Å². The van der Waals surface area contributed by atoms with Crippen molar-refractivity contribution in [1.29, 1.82) is 0 Å². The summed E-state index contributed by atoms with van der Waals surface area (Å²) in [6, 6.07) is 3.97. The number of nitrogens with one attached hydrogen (secondary N) is 1. The van der Waals surface area contributed by atoms with Crippen LogP contribution in [0.5, 0.6) is 5.75 Å². The van der Waals surface area contributed by atoms with Crippen LogP contribution in [0.15, 0.2) is 21.3 Å². The quantitative estimate of drug-likeness (QED) is 0.879. The molecular weight excluding hydrogens is 282 g/mol. The Kier molecular flexibility index (Phi) is 3.64. The number of hydrogen-bond donors (Lipinski definition) is 1. The Morgan fingerprint density at radius 3 is 2.73 bits per heavy atom. The fourth-order valence-electron chi connectivity index (χ4n) is 2.67. The van der Waals surface area contributed by atoms with Gasteiger partial charge >= 0.3 is 5.63 Å². The first-order chi connectivity index (χ1) is 10.5. The van der Waals surface area contributed by atoms with Gasteiger partial charge in [0, 0.05) is 6.04 Å². The van der Waals surface area contributed by atoms with Gasteiger partial charge in [0.15, 0.2) is 0 Å². The summed E-state index contributed by atoms with van der Waals surface area (Å²) in [5.41, 5.74) is 2.13. The zero-order valence-corrected chi connectivity index (χ0v) is 13.0. The van der Waals surface area contributed by atoms with Gasteiger partial charge in [0.05, 0.1) is 24.5 Å². The molecule has 1 amide bonds. The van der Waals surface area contributed by atoms with Gasteiger partial charge in [-0.3, -0.25) is 4.79 Å². The maximum absolute atomic E-state index is 12.2. The Morgan fingerprint density at radius 2 is 2.09 bits per heavy atom. The molecule has 1 aromatic heterocycles. The van der Waals surface area contributed by atoms with Crippen molar-refractivity contribution in [1.82, 2.24) is 5.32 Å². The lowest BCUT2D eigenvalue weighted by atomic mass is 10.0. The lowest BCUT2D eigenvalue weighted by molar-refractivity contribution is -0.120. The van der Waals surface area contributed by atoms with E-state index >= 15 is 0 Å². The van der Waals surface area contributed by atoms with Gasteiger partial charge in [-0.05, 0) is 49.9 Å². The number of carbonyl (C=O) groups is 1. The van der Waals surface area contributed by atoms with Gasteiger partial charge in [0.2, 0.25) is 5.91 Å². The molecule has 1 heterocycles. The third-order valence-corrected chi connectivity index (χ3v) is 3.99. The fraction of sp³-hybridized carbons (Fsp3) is 0.412. The summed E-state index contributed by atoms with van der Waals surface area (Å²) in [5, 5.41) is 3.64. The summed E-state index contributed by atoms with van der Waals surface area (Å²) in [5.74, 6) is 0.517. The first kappa shape index (κ1) is 14.6. The number of hydrogen-bond acceptors (Lipinski definition) is 4. The molecule has 1 fully saturated rings. The number of carbonyl (C=O) groups excluding carboxylic acids is 1. The Morgan fingerprint density at radius 1 is 1.36 bits per heavy atom. The van der Waals surface area contributed by atoms with Crippen molar-refractivity contribution in [3.8, 4) is 5.75 Å². The van der Waals surface area contributed by atoms with Crippen LogP contribution in [0.3, 0.4) is 0 Å². The number of ether oxygens (including phenoxy) is 1. The minimum absolute atomic E-state index is 0.0393. The number of amides is 1. The van der Waals surface area contributed by atoms with Crippen molar-refractivity contribution in [2.75, 3.05) is 7.11 Å². The monoisotopic (exact) mass is 301 g/mol. The van der Waals surface area contributed by atoms with Gasteiger partial charge in [-0.1, -0.05) is 0 Å². The topological polar surface area (TPSA) is 68.5 Å². The first-order valence-corrected chi connectivity index (χ1v) is 7.40. The van der Waals surface area contributed by atoms with Gasteiger partial charge in [0.25, 0.3) is 0 Å².